The van der Waals surface area contributed by atoms with Gasteiger partial charge < -0.3 is 15.0 Å². The highest BCUT2D eigenvalue weighted by molar-refractivity contribution is 6.02. The maximum Gasteiger partial charge on any atom is 0.337 e. The Morgan fingerprint density at radius 1 is 1.04 bits per heavy atom. The van der Waals surface area contributed by atoms with Crippen molar-refractivity contribution in [3.63, 3.8) is 0 Å². The van der Waals surface area contributed by atoms with Crippen molar-refractivity contribution in [3.8, 4) is 0 Å². The van der Waals surface area contributed by atoms with Crippen LogP contribution in [0, 0.1) is 0 Å². The van der Waals surface area contributed by atoms with Crippen LogP contribution < -0.4 is 10.2 Å². The van der Waals surface area contributed by atoms with Gasteiger partial charge in [0.25, 0.3) is 0 Å². The first kappa shape index (κ1) is 17.2. The Morgan fingerprint density at radius 3 is 2.38 bits per heavy atom. The first-order valence-corrected chi connectivity index (χ1v) is 7.32. The predicted molar refractivity (Wildman–Crippen MR) is 90.9 cm³/mol. The lowest BCUT2D eigenvalue weighted by molar-refractivity contribution is -0.120. The van der Waals surface area contributed by atoms with Gasteiger partial charge in [-0.25, -0.2) is 4.79 Å². The third-order valence-electron chi connectivity index (χ3n) is 3.32. The highest BCUT2D eigenvalue weighted by atomic mass is 16.5. The molecule has 6 nitrogen and oxygen atoms in total. The summed E-state index contributed by atoms with van der Waals surface area (Å²) in [5.41, 5.74) is 1.43. The van der Waals surface area contributed by atoms with Gasteiger partial charge in [0.1, 0.15) is 6.54 Å². The highest BCUT2D eigenvalue weighted by Crippen LogP contribution is 2.15. The third kappa shape index (κ3) is 4.42. The van der Waals surface area contributed by atoms with Gasteiger partial charge in [-0.05, 0) is 30.3 Å². The summed E-state index contributed by atoms with van der Waals surface area (Å²) >= 11 is 0. The lowest BCUT2D eigenvalue weighted by Gasteiger charge is -2.20. The number of ether oxygens (including phenoxy) is 1. The summed E-state index contributed by atoms with van der Waals surface area (Å²) in [4.78, 5) is 36.9. The van der Waals surface area contributed by atoms with Gasteiger partial charge in [-0.2, -0.15) is 0 Å². The fourth-order valence-corrected chi connectivity index (χ4v) is 2.18. The predicted octanol–water partition coefficient (Wildman–Crippen LogP) is 2.46. The molecular weight excluding hydrogens is 308 g/mol. The Hall–Kier alpha value is -3.15. The molecule has 2 aromatic carbocycles. The lowest BCUT2D eigenvalue weighted by Crippen LogP contribution is -2.36. The molecule has 0 bridgehead atoms. The van der Waals surface area contributed by atoms with Crippen LogP contribution in [0.3, 0.4) is 0 Å². The number of carbonyl (C=O) groups is 3. The average molecular weight is 326 g/mol. The van der Waals surface area contributed by atoms with Crippen molar-refractivity contribution in [2.24, 2.45) is 0 Å². The van der Waals surface area contributed by atoms with Gasteiger partial charge >= 0.3 is 5.97 Å². The zero-order valence-electron chi connectivity index (χ0n) is 13.5. The smallest absolute Gasteiger partial charge is 0.337 e. The van der Waals surface area contributed by atoms with Gasteiger partial charge in [0.2, 0.25) is 11.8 Å². The molecule has 0 aliphatic heterocycles. The van der Waals surface area contributed by atoms with Crippen LogP contribution in [-0.4, -0.2) is 31.4 Å². The molecular formula is C18H18N2O4. The second-order valence-electron chi connectivity index (χ2n) is 5.06. The summed E-state index contributed by atoms with van der Waals surface area (Å²) in [6.07, 6.45) is 0. The van der Waals surface area contributed by atoms with Crippen LogP contribution in [0.4, 0.5) is 11.4 Å². The zero-order valence-corrected chi connectivity index (χ0v) is 13.5. The Bertz CT molecular complexity index is 744. The van der Waals surface area contributed by atoms with Crippen molar-refractivity contribution in [2.75, 3.05) is 23.9 Å². The molecule has 0 aromatic heterocycles. The molecule has 1 N–H and O–H groups in total. The van der Waals surface area contributed by atoms with E-state index in [0.29, 0.717) is 16.9 Å². The maximum absolute atomic E-state index is 12.2. The van der Waals surface area contributed by atoms with Crippen molar-refractivity contribution < 1.29 is 19.1 Å². The molecule has 0 radical (unpaired) electrons. The third-order valence-corrected chi connectivity index (χ3v) is 3.32. The van der Waals surface area contributed by atoms with Crippen LogP contribution in [0.25, 0.3) is 0 Å². The quantitative estimate of drug-likeness (QED) is 0.857. The molecule has 124 valence electrons. The molecule has 0 heterocycles. The van der Waals surface area contributed by atoms with Crippen LogP contribution in [-0.2, 0) is 14.3 Å². The van der Waals surface area contributed by atoms with E-state index < -0.39 is 5.97 Å². The first-order valence-electron chi connectivity index (χ1n) is 7.32. The topological polar surface area (TPSA) is 75.7 Å². The Labute approximate surface area is 140 Å². The van der Waals surface area contributed by atoms with Crippen LogP contribution in [0.15, 0.2) is 54.6 Å². The van der Waals surface area contributed by atoms with E-state index in [1.165, 1.54) is 25.0 Å². The number of benzene rings is 2. The molecule has 2 amide bonds. The van der Waals surface area contributed by atoms with Crippen molar-refractivity contribution >= 4 is 29.2 Å². The summed E-state index contributed by atoms with van der Waals surface area (Å²) in [5, 5.41) is 2.68. The molecule has 24 heavy (non-hydrogen) atoms. The number of nitrogens with one attached hydrogen (secondary N) is 1. The summed E-state index contributed by atoms with van der Waals surface area (Å²) in [7, 11) is 1.29. The number of hydrogen-bond donors (Lipinski definition) is 1. The van der Waals surface area contributed by atoms with Gasteiger partial charge in [0.05, 0.1) is 12.7 Å². The van der Waals surface area contributed by atoms with Crippen molar-refractivity contribution in [1.82, 2.24) is 0 Å². The van der Waals surface area contributed by atoms with E-state index in [1.807, 2.05) is 6.07 Å². The molecule has 0 aliphatic carbocycles. The monoisotopic (exact) mass is 326 g/mol. The Kier molecular flexibility index (Phi) is 5.68. The maximum atomic E-state index is 12.2. The van der Waals surface area contributed by atoms with E-state index in [0.717, 1.165) is 0 Å². The molecule has 2 aromatic rings. The minimum atomic E-state index is -0.485. The highest BCUT2D eigenvalue weighted by Gasteiger charge is 2.16. The number of carbonyl (C=O) groups excluding carboxylic acids is 3. The summed E-state index contributed by atoms with van der Waals surface area (Å²) < 4.78 is 4.65. The molecule has 0 saturated heterocycles. The standard InChI is InChI=1S/C18H18N2O4/c1-13(21)20(16-9-4-3-5-10-16)12-17(22)19-15-8-6-7-14(11-15)18(23)24-2/h3-11H,12H2,1-2H3,(H,19,22). The average Bonchev–Trinajstić information content (AvgIpc) is 2.59. The minimum Gasteiger partial charge on any atom is -0.465 e. The van der Waals surface area contributed by atoms with Gasteiger partial charge in [-0.1, -0.05) is 24.3 Å². The number of amides is 2. The van der Waals surface area contributed by atoms with Crippen molar-refractivity contribution in [3.05, 3.63) is 60.2 Å². The Balaban J connectivity index is 2.09. The number of para-hydroxylation sites is 1. The minimum absolute atomic E-state index is 0.123. The van der Waals surface area contributed by atoms with E-state index in [9.17, 15) is 14.4 Å². The van der Waals surface area contributed by atoms with E-state index in [1.54, 1.807) is 42.5 Å². The molecule has 0 saturated carbocycles. The normalized spacial score (nSPS) is 9.92. The number of anilines is 2. The number of methoxy groups -OCH3 is 1. The fourth-order valence-electron chi connectivity index (χ4n) is 2.18. The summed E-state index contributed by atoms with van der Waals surface area (Å²) in [5.74, 6) is -1.09. The van der Waals surface area contributed by atoms with Crippen molar-refractivity contribution in [1.29, 1.82) is 0 Å². The zero-order chi connectivity index (χ0) is 17.5. The van der Waals surface area contributed by atoms with Gasteiger partial charge in [0.15, 0.2) is 0 Å². The fraction of sp³-hybridized carbons (Fsp3) is 0.167. The SMILES string of the molecule is COC(=O)c1cccc(NC(=O)CN(C(C)=O)c2ccccc2)c1. The van der Waals surface area contributed by atoms with Crippen LogP contribution in [0.5, 0.6) is 0 Å². The number of rotatable bonds is 5. The molecule has 0 fully saturated rings. The second kappa shape index (κ2) is 7.92. The molecule has 6 heteroatoms. The molecule has 2 rings (SSSR count). The van der Waals surface area contributed by atoms with Crippen LogP contribution >= 0.6 is 0 Å². The number of nitrogens with zero attached hydrogens (tertiary/aromatic N) is 1. The van der Waals surface area contributed by atoms with E-state index in [-0.39, 0.29) is 18.4 Å². The number of hydrogen-bond acceptors (Lipinski definition) is 4. The lowest BCUT2D eigenvalue weighted by atomic mass is 10.2. The van der Waals surface area contributed by atoms with Gasteiger partial charge in [-0.15, -0.1) is 0 Å². The molecule has 0 spiro atoms. The summed E-state index contributed by atoms with van der Waals surface area (Å²) in [6, 6.07) is 15.3. The molecule has 0 atom stereocenters. The van der Waals surface area contributed by atoms with Gasteiger partial charge in [0, 0.05) is 18.3 Å². The van der Waals surface area contributed by atoms with Gasteiger partial charge in [-0.3, -0.25) is 9.59 Å². The van der Waals surface area contributed by atoms with Crippen LogP contribution in [0.1, 0.15) is 17.3 Å². The summed E-state index contributed by atoms with van der Waals surface area (Å²) in [6.45, 7) is 1.28. The number of esters is 1. The largest absolute Gasteiger partial charge is 0.465 e. The van der Waals surface area contributed by atoms with E-state index >= 15 is 0 Å². The van der Waals surface area contributed by atoms with Crippen LogP contribution in [0.2, 0.25) is 0 Å². The van der Waals surface area contributed by atoms with E-state index in [4.69, 9.17) is 0 Å². The first-order chi connectivity index (χ1) is 11.5. The second-order valence-corrected chi connectivity index (χ2v) is 5.06. The Morgan fingerprint density at radius 2 is 1.75 bits per heavy atom. The molecule has 0 aliphatic rings. The molecule has 0 unspecified atom stereocenters. The van der Waals surface area contributed by atoms with E-state index in [2.05, 4.69) is 10.1 Å². The van der Waals surface area contributed by atoms with Crippen molar-refractivity contribution in [2.45, 2.75) is 6.92 Å².